The van der Waals surface area contributed by atoms with Crippen molar-refractivity contribution in [1.82, 2.24) is 0 Å². The standard InChI is InChI=1S/C22H22N2O4/c1-3-16-5-9-19(10-6-16)24-21(25)15-28-22(26)18(14-23)13-17-7-11-20(12-8-17)27-4-2/h5-13H,3-4,15H2,1-2H3,(H,24,25)/b18-13+. The molecular formula is C22H22N2O4. The third-order valence-corrected chi connectivity index (χ3v) is 3.82. The van der Waals surface area contributed by atoms with E-state index in [-0.39, 0.29) is 5.57 Å². The summed E-state index contributed by atoms with van der Waals surface area (Å²) in [6.45, 7) is 4.00. The molecule has 2 aromatic rings. The Labute approximate surface area is 164 Å². The number of nitriles is 1. The molecule has 6 heteroatoms. The van der Waals surface area contributed by atoms with E-state index in [9.17, 15) is 14.9 Å². The van der Waals surface area contributed by atoms with Crippen molar-refractivity contribution in [2.45, 2.75) is 20.3 Å². The lowest BCUT2D eigenvalue weighted by Crippen LogP contribution is -2.21. The van der Waals surface area contributed by atoms with Crippen LogP contribution in [-0.4, -0.2) is 25.1 Å². The van der Waals surface area contributed by atoms with Gasteiger partial charge in [0, 0.05) is 5.69 Å². The molecule has 0 aliphatic rings. The third kappa shape index (κ3) is 6.29. The zero-order valence-electron chi connectivity index (χ0n) is 15.9. The normalized spacial score (nSPS) is 10.7. The molecule has 0 unspecified atom stereocenters. The third-order valence-electron chi connectivity index (χ3n) is 3.82. The topological polar surface area (TPSA) is 88.4 Å². The fourth-order valence-electron chi connectivity index (χ4n) is 2.36. The summed E-state index contributed by atoms with van der Waals surface area (Å²) >= 11 is 0. The van der Waals surface area contributed by atoms with Gasteiger partial charge in [-0.15, -0.1) is 0 Å². The first-order valence-electron chi connectivity index (χ1n) is 8.96. The van der Waals surface area contributed by atoms with Crippen LogP contribution in [0.15, 0.2) is 54.1 Å². The molecule has 1 amide bonds. The highest BCUT2D eigenvalue weighted by Gasteiger charge is 2.13. The average molecular weight is 378 g/mol. The Kier molecular flexibility index (Phi) is 7.79. The van der Waals surface area contributed by atoms with E-state index in [4.69, 9.17) is 9.47 Å². The summed E-state index contributed by atoms with van der Waals surface area (Å²) in [6, 6.07) is 16.1. The number of esters is 1. The van der Waals surface area contributed by atoms with E-state index in [0.29, 0.717) is 23.6 Å². The summed E-state index contributed by atoms with van der Waals surface area (Å²) in [4.78, 5) is 24.0. The maximum atomic E-state index is 12.1. The van der Waals surface area contributed by atoms with E-state index in [2.05, 4.69) is 5.32 Å². The zero-order chi connectivity index (χ0) is 20.4. The number of ether oxygens (including phenoxy) is 2. The number of carbonyl (C=O) groups excluding carboxylic acids is 2. The molecule has 6 nitrogen and oxygen atoms in total. The number of anilines is 1. The predicted octanol–water partition coefficient (Wildman–Crippen LogP) is 3.74. The Morgan fingerprint density at radius 2 is 1.75 bits per heavy atom. The Hall–Kier alpha value is -3.59. The molecule has 0 fully saturated rings. The zero-order valence-corrected chi connectivity index (χ0v) is 15.9. The fourth-order valence-corrected chi connectivity index (χ4v) is 2.36. The summed E-state index contributed by atoms with van der Waals surface area (Å²) < 4.78 is 10.3. The van der Waals surface area contributed by atoms with Crippen molar-refractivity contribution in [2.24, 2.45) is 0 Å². The molecule has 0 aliphatic heterocycles. The van der Waals surface area contributed by atoms with Crippen LogP contribution in [0, 0.1) is 11.3 Å². The summed E-state index contributed by atoms with van der Waals surface area (Å²) in [5.74, 6) is -0.631. The fraction of sp³-hybridized carbons (Fsp3) is 0.227. The first-order chi connectivity index (χ1) is 13.5. The highest BCUT2D eigenvalue weighted by atomic mass is 16.5. The summed E-state index contributed by atoms with van der Waals surface area (Å²) in [5, 5.41) is 11.8. The van der Waals surface area contributed by atoms with Crippen molar-refractivity contribution in [1.29, 1.82) is 5.26 Å². The number of benzene rings is 2. The van der Waals surface area contributed by atoms with Gasteiger partial charge in [-0.05, 0) is 54.8 Å². The number of carbonyl (C=O) groups is 2. The first kappa shape index (κ1) is 20.7. The molecule has 2 rings (SSSR count). The van der Waals surface area contributed by atoms with Crippen molar-refractivity contribution < 1.29 is 19.1 Å². The van der Waals surface area contributed by atoms with Crippen molar-refractivity contribution in [2.75, 3.05) is 18.5 Å². The molecule has 0 atom stereocenters. The van der Waals surface area contributed by atoms with Crippen molar-refractivity contribution in [3.8, 4) is 11.8 Å². The monoisotopic (exact) mass is 378 g/mol. The quantitative estimate of drug-likeness (QED) is 0.429. The maximum absolute atomic E-state index is 12.1. The first-order valence-corrected chi connectivity index (χ1v) is 8.96. The Morgan fingerprint density at radius 1 is 1.07 bits per heavy atom. The SMILES string of the molecule is CCOc1ccc(/C=C(\C#N)C(=O)OCC(=O)Nc2ccc(CC)cc2)cc1. The van der Waals surface area contributed by atoms with E-state index in [1.165, 1.54) is 6.08 Å². The second-order valence-electron chi connectivity index (χ2n) is 5.85. The van der Waals surface area contributed by atoms with Gasteiger partial charge >= 0.3 is 5.97 Å². The minimum Gasteiger partial charge on any atom is -0.494 e. The minimum atomic E-state index is -0.854. The molecule has 0 saturated heterocycles. The molecule has 28 heavy (non-hydrogen) atoms. The highest BCUT2D eigenvalue weighted by Crippen LogP contribution is 2.15. The second-order valence-corrected chi connectivity index (χ2v) is 5.85. The molecule has 0 aromatic heterocycles. The molecular weight excluding hydrogens is 356 g/mol. The van der Waals surface area contributed by atoms with E-state index in [0.717, 1.165) is 12.0 Å². The number of aryl methyl sites for hydroxylation is 1. The van der Waals surface area contributed by atoms with Gasteiger partial charge in [0.05, 0.1) is 6.61 Å². The molecule has 144 valence electrons. The molecule has 1 N–H and O–H groups in total. The van der Waals surface area contributed by atoms with E-state index < -0.39 is 18.5 Å². The Balaban J connectivity index is 1.91. The molecule has 0 radical (unpaired) electrons. The van der Waals surface area contributed by atoms with Gasteiger partial charge in [-0.1, -0.05) is 31.2 Å². The molecule has 0 spiro atoms. The maximum Gasteiger partial charge on any atom is 0.349 e. The number of amides is 1. The van der Waals surface area contributed by atoms with Gasteiger partial charge < -0.3 is 14.8 Å². The lowest BCUT2D eigenvalue weighted by atomic mass is 10.1. The molecule has 0 heterocycles. The number of rotatable bonds is 8. The number of hydrogen-bond acceptors (Lipinski definition) is 5. The summed E-state index contributed by atoms with van der Waals surface area (Å²) in [6.07, 6.45) is 2.31. The van der Waals surface area contributed by atoms with Crippen LogP contribution in [0.3, 0.4) is 0 Å². The summed E-state index contributed by atoms with van der Waals surface area (Å²) in [7, 11) is 0. The van der Waals surface area contributed by atoms with Gasteiger partial charge in [0.15, 0.2) is 6.61 Å². The lowest BCUT2D eigenvalue weighted by Gasteiger charge is -2.07. The van der Waals surface area contributed by atoms with Crippen molar-refractivity contribution in [3.05, 3.63) is 65.2 Å². The predicted molar refractivity (Wildman–Crippen MR) is 107 cm³/mol. The number of nitrogens with zero attached hydrogens (tertiary/aromatic N) is 1. The largest absolute Gasteiger partial charge is 0.494 e. The Bertz CT molecular complexity index is 878. The number of nitrogens with one attached hydrogen (secondary N) is 1. The van der Waals surface area contributed by atoms with Crippen LogP contribution in [0.25, 0.3) is 6.08 Å². The molecule has 0 saturated carbocycles. The molecule has 2 aromatic carbocycles. The van der Waals surface area contributed by atoms with Crippen molar-refractivity contribution in [3.63, 3.8) is 0 Å². The van der Waals surface area contributed by atoms with Crippen LogP contribution in [0.2, 0.25) is 0 Å². The van der Waals surface area contributed by atoms with Crippen LogP contribution < -0.4 is 10.1 Å². The van der Waals surface area contributed by atoms with E-state index >= 15 is 0 Å². The second kappa shape index (κ2) is 10.5. The number of hydrogen-bond donors (Lipinski definition) is 1. The smallest absolute Gasteiger partial charge is 0.349 e. The average Bonchev–Trinajstić information content (AvgIpc) is 2.72. The van der Waals surface area contributed by atoms with Gasteiger partial charge in [0.25, 0.3) is 5.91 Å². The van der Waals surface area contributed by atoms with Crippen LogP contribution in [-0.2, 0) is 20.7 Å². The van der Waals surface area contributed by atoms with Crippen LogP contribution in [0.5, 0.6) is 5.75 Å². The lowest BCUT2D eigenvalue weighted by molar-refractivity contribution is -0.142. The Morgan fingerprint density at radius 3 is 2.32 bits per heavy atom. The van der Waals surface area contributed by atoms with E-state index in [1.807, 2.05) is 26.0 Å². The van der Waals surface area contributed by atoms with Gasteiger partial charge in [-0.25, -0.2) is 4.79 Å². The van der Waals surface area contributed by atoms with Gasteiger partial charge in [-0.3, -0.25) is 4.79 Å². The van der Waals surface area contributed by atoms with Crippen LogP contribution in [0.4, 0.5) is 5.69 Å². The molecule has 0 aliphatic carbocycles. The molecule has 0 bridgehead atoms. The summed E-state index contributed by atoms with van der Waals surface area (Å²) in [5.41, 5.74) is 2.23. The van der Waals surface area contributed by atoms with Gasteiger partial charge in [0.2, 0.25) is 0 Å². The highest BCUT2D eigenvalue weighted by molar-refractivity contribution is 6.00. The van der Waals surface area contributed by atoms with E-state index in [1.54, 1.807) is 42.5 Å². The van der Waals surface area contributed by atoms with Gasteiger partial charge in [0.1, 0.15) is 17.4 Å². The minimum absolute atomic E-state index is 0.191. The van der Waals surface area contributed by atoms with Crippen LogP contribution >= 0.6 is 0 Å². The van der Waals surface area contributed by atoms with Crippen LogP contribution in [0.1, 0.15) is 25.0 Å². The van der Waals surface area contributed by atoms with Crippen molar-refractivity contribution >= 4 is 23.6 Å². The van der Waals surface area contributed by atoms with Gasteiger partial charge in [-0.2, -0.15) is 5.26 Å².